The van der Waals surface area contributed by atoms with E-state index in [9.17, 15) is 10.1 Å². The molecule has 0 spiro atoms. The number of nitro groups is 1. The van der Waals surface area contributed by atoms with E-state index < -0.39 is 4.92 Å². The molecular weight excluding hydrogens is 270 g/mol. The second-order valence-corrected chi connectivity index (χ2v) is 4.54. The van der Waals surface area contributed by atoms with Crippen LogP contribution >= 0.6 is 0 Å². The number of nitro benzene ring substituents is 1. The molecule has 6 nitrogen and oxygen atoms in total. The summed E-state index contributed by atoms with van der Waals surface area (Å²) in [5, 5.41) is 13.8. The molecule has 0 fully saturated rings. The van der Waals surface area contributed by atoms with Crippen molar-refractivity contribution >= 4 is 11.5 Å². The van der Waals surface area contributed by atoms with Gasteiger partial charge in [-0.25, -0.2) is 4.98 Å². The molecule has 1 aromatic heterocycles. The zero-order valence-corrected chi connectivity index (χ0v) is 12.0. The number of nitrogens with zero attached hydrogens (tertiary/aromatic N) is 2. The summed E-state index contributed by atoms with van der Waals surface area (Å²) in [7, 11) is 0. The Morgan fingerprint density at radius 1 is 1.33 bits per heavy atom. The molecule has 2 aromatic rings. The Morgan fingerprint density at radius 2 is 2.14 bits per heavy atom. The maximum atomic E-state index is 10.7. The average Bonchev–Trinajstić information content (AvgIpc) is 2.46. The minimum Gasteiger partial charge on any atom is -0.487 e. The zero-order chi connectivity index (χ0) is 15.2. The largest absolute Gasteiger partial charge is 0.487 e. The Kier molecular flexibility index (Phi) is 4.71. The predicted molar refractivity (Wildman–Crippen MR) is 80.6 cm³/mol. The number of aryl methyl sites for hydroxylation is 1. The van der Waals surface area contributed by atoms with Crippen LogP contribution in [0.25, 0.3) is 0 Å². The summed E-state index contributed by atoms with van der Waals surface area (Å²) in [5.74, 6) is 1.43. The monoisotopic (exact) mass is 287 g/mol. The van der Waals surface area contributed by atoms with Gasteiger partial charge < -0.3 is 10.1 Å². The predicted octanol–water partition coefficient (Wildman–Crippen LogP) is 3.31. The van der Waals surface area contributed by atoms with Crippen LogP contribution in [-0.4, -0.2) is 16.5 Å². The van der Waals surface area contributed by atoms with Crippen molar-refractivity contribution in [3.8, 4) is 5.75 Å². The van der Waals surface area contributed by atoms with Crippen LogP contribution in [0, 0.1) is 17.0 Å². The number of anilines is 1. The Morgan fingerprint density at radius 3 is 2.81 bits per heavy atom. The van der Waals surface area contributed by atoms with Gasteiger partial charge in [-0.1, -0.05) is 6.07 Å². The summed E-state index contributed by atoms with van der Waals surface area (Å²) in [6.45, 7) is 4.91. The van der Waals surface area contributed by atoms with Crippen LogP contribution in [0.4, 0.5) is 11.5 Å². The highest BCUT2D eigenvalue weighted by Gasteiger charge is 2.09. The van der Waals surface area contributed by atoms with Crippen LogP contribution < -0.4 is 10.1 Å². The smallest absolute Gasteiger partial charge is 0.269 e. The molecule has 1 aromatic carbocycles. The summed E-state index contributed by atoms with van der Waals surface area (Å²) < 4.78 is 5.68. The SMILES string of the molecule is CCNc1cccc(COc2ccc([N+](=O)[O-])cc2C)n1. The van der Waals surface area contributed by atoms with Crippen LogP contribution in [0.3, 0.4) is 0 Å². The number of aromatic nitrogens is 1. The van der Waals surface area contributed by atoms with Crippen molar-refractivity contribution in [1.82, 2.24) is 4.98 Å². The number of benzene rings is 1. The molecule has 0 atom stereocenters. The molecule has 0 aliphatic heterocycles. The lowest BCUT2D eigenvalue weighted by molar-refractivity contribution is -0.384. The van der Waals surface area contributed by atoms with Gasteiger partial charge in [0.15, 0.2) is 0 Å². The Bertz CT molecular complexity index is 644. The fraction of sp³-hybridized carbons (Fsp3) is 0.267. The van der Waals surface area contributed by atoms with Gasteiger partial charge >= 0.3 is 0 Å². The molecule has 0 unspecified atom stereocenters. The van der Waals surface area contributed by atoms with E-state index in [1.54, 1.807) is 13.0 Å². The van der Waals surface area contributed by atoms with E-state index in [1.165, 1.54) is 12.1 Å². The van der Waals surface area contributed by atoms with E-state index in [2.05, 4.69) is 10.3 Å². The second-order valence-electron chi connectivity index (χ2n) is 4.54. The normalized spacial score (nSPS) is 10.2. The number of ether oxygens (including phenoxy) is 1. The summed E-state index contributed by atoms with van der Waals surface area (Å²) in [6.07, 6.45) is 0. The first-order valence-electron chi connectivity index (χ1n) is 6.68. The first-order chi connectivity index (χ1) is 10.1. The molecule has 0 amide bonds. The lowest BCUT2D eigenvalue weighted by Crippen LogP contribution is -2.04. The number of hydrogen-bond donors (Lipinski definition) is 1. The van der Waals surface area contributed by atoms with E-state index in [0.29, 0.717) is 12.4 Å². The van der Waals surface area contributed by atoms with Gasteiger partial charge in [-0.2, -0.15) is 0 Å². The van der Waals surface area contributed by atoms with Crippen molar-refractivity contribution in [2.24, 2.45) is 0 Å². The molecule has 1 N–H and O–H groups in total. The molecule has 0 saturated carbocycles. The molecule has 110 valence electrons. The number of nitrogens with one attached hydrogen (secondary N) is 1. The van der Waals surface area contributed by atoms with Crippen molar-refractivity contribution in [1.29, 1.82) is 0 Å². The second kappa shape index (κ2) is 6.69. The molecule has 6 heteroatoms. The number of hydrogen-bond acceptors (Lipinski definition) is 5. The quantitative estimate of drug-likeness (QED) is 0.651. The Hall–Kier alpha value is -2.63. The highest BCUT2D eigenvalue weighted by atomic mass is 16.6. The minimum atomic E-state index is -0.418. The Labute approximate surface area is 122 Å². The van der Waals surface area contributed by atoms with E-state index in [1.807, 2.05) is 25.1 Å². The summed E-state index contributed by atoms with van der Waals surface area (Å²) in [4.78, 5) is 14.7. The number of pyridine rings is 1. The van der Waals surface area contributed by atoms with E-state index in [-0.39, 0.29) is 5.69 Å². The van der Waals surface area contributed by atoms with Crippen molar-refractivity contribution in [3.63, 3.8) is 0 Å². The molecule has 21 heavy (non-hydrogen) atoms. The van der Waals surface area contributed by atoms with E-state index in [0.717, 1.165) is 23.6 Å². The van der Waals surface area contributed by atoms with Gasteiger partial charge in [0.25, 0.3) is 5.69 Å². The van der Waals surface area contributed by atoms with Gasteiger partial charge in [-0.3, -0.25) is 10.1 Å². The average molecular weight is 287 g/mol. The maximum Gasteiger partial charge on any atom is 0.269 e. The van der Waals surface area contributed by atoms with Gasteiger partial charge in [-0.15, -0.1) is 0 Å². The highest BCUT2D eigenvalue weighted by molar-refractivity contribution is 5.43. The van der Waals surface area contributed by atoms with Gasteiger partial charge in [0.05, 0.1) is 10.6 Å². The third-order valence-corrected chi connectivity index (χ3v) is 2.91. The van der Waals surface area contributed by atoms with E-state index in [4.69, 9.17) is 4.74 Å². The zero-order valence-electron chi connectivity index (χ0n) is 12.0. The van der Waals surface area contributed by atoms with Crippen LogP contribution in [0.2, 0.25) is 0 Å². The van der Waals surface area contributed by atoms with Crippen molar-refractivity contribution in [2.45, 2.75) is 20.5 Å². The van der Waals surface area contributed by atoms with E-state index >= 15 is 0 Å². The summed E-state index contributed by atoms with van der Waals surface area (Å²) >= 11 is 0. The van der Waals surface area contributed by atoms with Crippen molar-refractivity contribution < 1.29 is 9.66 Å². The molecule has 0 aliphatic carbocycles. The summed E-state index contributed by atoms with van der Waals surface area (Å²) in [5.41, 5.74) is 1.59. The van der Waals surface area contributed by atoms with Crippen LogP contribution in [0.15, 0.2) is 36.4 Å². The number of rotatable bonds is 6. The Balaban J connectivity index is 2.06. The molecule has 0 aliphatic rings. The topological polar surface area (TPSA) is 77.3 Å². The number of non-ortho nitro benzene ring substituents is 1. The third kappa shape index (κ3) is 3.92. The fourth-order valence-electron chi connectivity index (χ4n) is 1.90. The molecule has 0 radical (unpaired) electrons. The van der Waals surface area contributed by atoms with Gasteiger partial charge in [-0.05, 0) is 37.6 Å². The standard InChI is InChI=1S/C15H17N3O3/c1-3-16-15-6-4-5-12(17-15)10-21-14-8-7-13(18(19)20)9-11(14)2/h4-9H,3,10H2,1-2H3,(H,16,17). The van der Waals surface area contributed by atoms with Crippen LogP contribution in [0.5, 0.6) is 5.75 Å². The van der Waals surface area contributed by atoms with Gasteiger partial charge in [0.2, 0.25) is 0 Å². The highest BCUT2D eigenvalue weighted by Crippen LogP contribution is 2.24. The fourth-order valence-corrected chi connectivity index (χ4v) is 1.90. The third-order valence-electron chi connectivity index (χ3n) is 2.91. The molecular formula is C15H17N3O3. The molecule has 2 rings (SSSR count). The molecule has 1 heterocycles. The lowest BCUT2D eigenvalue weighted by Gasteiger charge is -2.09. The maximum absolute atomic E-state index is 10.7. The first kappa shape index (κ1) is 14.8. The summed E-state index contributed by atoms with van der Waals surface area (Å²) in [6, 6.07) is 10.2. The lowest BCUT2D eigenvalue weighted by atomic mass is 10.2. The van der Waals surface area contributed by atoms with Crippen molar-refractivity contribution in [3.05, 3.63) is 57.8 Å². The van der Waals surface area contributed by atoms with Crippen LogP contribution in [0.1, 0.15) is 18.2 Å². The van der Waals surface area contributed by atoms with Crippen molar-refractivity contribution in [2.75, 3.05) is 11.9 Å². The molecule has 0 bridgehead atoms. The first-order valence-corrected chi connectivity index (χ1v) is 6.68. The van der Waals surface area contributed by atoms with Crippen LogP contribution in [-0.2, 0) is 6.61 Å². The molecule has 0 saturated heterocycles. The minimum absolute atomic E-state index is 0.0621. The van der Waals surface area contributed by atoms with Gasteiger partial charge in [0, 0.05) is 18.7 Å². The van der Waals surface area contributed by atoms with Gasteiger partial charge in [0.1, 0.15) is 18.2 Å².